The Balaban J connectivity index is 1.10. The smallest absolute Gasteiger partial charge is 0.407 e. The molecule has 54 heavy (non-hydrogen) atoms. The number of amides is 1. The standard InChI is InChI=1S/C47H47NO5S/c1-33(2)44(48-46(51)52-32-43-41-28-15-13-26-39(41)40-27-14-16-29-42(40)43)45(50)53-38(31-34(3)49)25-17-18-30-54-47(35-19-7-4-8-20-35,36-21-9-5-10-22-36)37-23-11-6-12-24-37/h4-17,19-29,33,38,43-44H,18,30-32H2,1-3H3,(H,48,51)/b25-17+/t38-,44-/m1/s1. The van der Waals surface area contributed by atoms with Crippen LogP contribution in [0.15, 0.2) is 152 Å². The first kappa shape index (κ1) is 38.3. The van der Waals surface area contributed by atoms with Crippen molar-refractivity contribution in [2.45, 2.75) is 56.4 Å². The fraction of sp³-hybridized carbons (Fsp3) is 0.255. The molecule has 0 spiro atoms. The van der Waals surface area contributed by atoms with Crippen molar-refractivity contribution in [3.05, 3.63) is 179 Å². The third-order valence-electron chi connectivity index (χ3n) is 9.79. The van der Waals surface area contributed by atoms with Crippen molar-refractivity contribution in [3.63, 3.8) is 0 Å². The molecule has 7 heteroatoms. The predicted octanol–water partition coefficient (Wildman–Crippen LogP) is 10.1. The van der Waals surface area contributed by atoms with Gasteiger partial charge >= 0.3 is 12.1 Å². The minimum absolute atomic E-state index is 0.0348. The number of ether oxygens (including phenoxy) is 2. The lowest BCUT2D eigenvalue weighted by Crippen LogP contribution is -2.46. The summed E-state index contributed by atoms with van der Waals surface area (Å²) in [6.07, 6.45) is 3.02. The lowest BCUT2D eigenvalue weighted by molar-refractivity contribution is -0.151. The van der Waals surface area contributed by atoms with Crippen LogP contribution in [0, 0.1) is 5.92 Å². The fourth-order valence-electron chi connectivity index (χ4n) is 7.22. The summed E-state index contributed by atoms with van der Waals surface area (Å²) in [5.74, 6) is -0.338. The summed E-state index contributed by atoms with van der Waals surface area (Å²) in [5, 5.41) is 2.74. The average Bonchev–Trinajstić information content (AvgIpc) is 3.51. The monoisotopic (exact) mass is 737 g/mol. The number of thioether (sulfide) groups is 1. The Morgan fingerprint density at radius 3 is 1.69 bits per heavy atom. The van der Waals surface area contributed by atoms with Crippen molar-refractivity contribution in [1.29, 1.82) is 0 Å². The first-order valence-corrected chi connectivity index (χ1v) is 19.5. The molecule has 0 heterocycles. The van der Waals surface area contributed by atoms with Crippen molar-refractivity contribution >= 4 is 29.6 Å². The molecule has 0 radical (unpaired) electrons. The number of hydrogen-bond acceptors (Lipinski definition) is 6. The van der Waals surface area contributed by atoms with Gasteiger partial charge in [-0.1, -0.05) is 159 Å². The first-order chi connectivity index (χ1) is 26.3. The maximum atomic E-state index is 13.5. The molecule has 1 aliphatic rings. The van der Waals surface area contributed by atoms with Gasteiger partial charge < -0.3 is 14.8 Å². The molecule has 1 N–H and O–H groups in total. The van der Waals surface area contributed by atoms with Crippen LogP contribution in [0.2, 0.25) is 0 Å². The molecule has 2 atom stereocenters. The molecule has 6 rings (SSSR count). The number of carbonyl (C=O) groups is 3. The largest absolute Gasteiger partial charge is 0.456 e. The predicted molar refractivity (Wildman–Crippen MR) is 217 cm³/mol. The summed E-state index contributed by atoms with van der Waals surface area (Å²) >= 11 is 1.84. The molecule has 0 fully saturated rings. The van der Waals surface area contributed by atoms with Gasteiger partial charge in [0.1, 0.15) is 24.5 Å². The number of esters is 1. The summed E-state index contributed by atoms with van der Waals surface area (Å²) in [6.45, 7) is 5.28. The van der Waals surface area contributed by atoms with Crippen LogP contribution in [-0.2, 0) is 23.8 Å². The van der Waals surface area contributed by atoms with Crippen molar-refractivity contribution in [2.24, 2.45) is 5.92 Å². The number of rotatable bonds is 16. The van der Waals surface area contributed by atoms with Crippen LogP contribution < -0.4 is 5.32 Å². The highest BCUT2D eigenvalue weighted by molar-refractivity contribution is 8.00. The molecule has 5 aromatic carbocycles. The quantitative estimate of drug-likeness (QED) is 0.0470. The minimum atomic E-state index is -0.956. The zero-order valence-electron chi connectivity index (χ0n) is 31.0. The van der Waals surface area contributed by atoms with Crippen LogP contribution in [-0.4, -0.2) is 42.4 Å². The molecule has 0 saturated heterocycles. The van der Waals surface area contributed by atoms with Gasteiger partial charge in [0.05, 0.1) is 4.75 Å². The highest BCUT2D eigenvalue weighted by atomic mass is 32.2. The van der Waals surface area contributed by atoms with E-state index in [-0.39, 0.29) is 30.6 Å². The maximum Gasteiger partial charge on any atom is 0.407 e. The molecule has 6 nitrogen and oxygen atoms in total. The van der Waals surface area contributed by atoms with E-state index in [1.165, 1.54) is 23.6 Å². The van der Waals surface area contributed by atoms with Gasteiger partial charge in [0.15, 0.2) is 0 Å². The maximum absolute atomic E-state index is 13.5. The lowest BCUT2D eigenvalue weighted by Gasteiger charge is -2.35. The van der Waals surface area contributed by atoms with Crippen molar-refractivity contribution in [2.75, 3.05) is 12.4 Å². The first-order valence-electron chi connectivity index (χ1n) is 18.6. The Kier molecular flexibility index (Phi) is 12.8. The van der Waals surface area contributed by atoms with Gasteiger partial charge in [0.25, 0.3) is 0 Å². The molecular formula is C47H47NO5S. The lowest BCUT2D eigenvalue weighted by atomic mass is 9.84. The highest BCUT2D eigenvalue weighted by Crippen LogP contribution is 2.49. The molecule has 276 valence electrons. The third-order valence-corrected chi connectivity index (χ3v) is 11.4. The summed E-state index contributed by atoms with van der Waals surface area (Å²) in [7, 11) is 0. The molecule has 0 aromatic heterocycles. The van der Waals surface area contributed by atoms with Crippen LogP contribution in [0.3, 0.4) is 0 Å². The fourth-order valence-corrected chi connectivity index (χ4v) is 8.68. The van der Waals surface area contributed by atoms with Crippen LogP contribution in [0.25, 0.3) is 11.1 Å². The Morgan fingerprint density at radius 1 is 0.722 bits per heavy atom. The Morgan fingerprint density at radius 2 is 1.20 bits per heavy atom. The SMILES string of the molecule is CC(=O)C[C@@H](/C=C/CCSC(c1ccccc1)(c1ccccc1)c1ccccc1)OC(=O)[C@H](NC(=O)OCC1c2ccccc2-c2ccccc21)C(C)C. The summed E-state index contributed by atoms with van der Waals surface area (Å²) in [5.41, 5.74) is 8.03. The van der Waals surface area contributed by atoms with E-state index in [0.717, 1.165) is 28.0 Å². The minimum Gasteiger partial charge on any atom is -0.456 e. The molecule has 0 unspecified atom stereocenters. The molecule has 0 aliphatic heterocycles. The number of alkyl carbamates (subject to hydrolysis) is 1. The molecule has 0 saturated carbocycles. The average molecular weight is 738 g/mol. The molecular weight excluding hydrogens is 691 g/mol. The zero-order valence-corrected chi connectivity index (χ0v) is 31.8. The van der Waals surface area contributed by atoms with Crippen molar-refractivity contribution < 1.29 is 23.9 Å². The van der Waals surface area contributed by atoms with E-state index in [0.29, 0.717) is 6.42 Å². The number of fused-ring (bicyclic) bond motifs is 3. The Labute approximate surface area is 323 Å². The summed E-state index contributed by atoms with van der Waals surface area (Å²) < 4.78 is 11.2. The van der Waals surface area contributed by atoms with E-state index in [1.807, 2.05) is 74.1 Å². The highest BCUT2D eigenvalue weighted by Gasteiger charge is 2.37. The van der Waals surface area contributed by atoms with Gasteiger partial charge in [-0.3, -0.25) is 4.79 Å². The van der Waals surface area contributed by atoms with Gasteiger partial charge in [0.2, 0.25) is 0 Å². The second-order valence-corrected chi connectivity index (χ2v) is 15.2. The summed E-state index contributed by atoms with van der Waals surface area (Å²) in [4.78, 5) is 39.0. The van der Waals surface area contributed by atoms with Gasteiger partial charge in [-0.15, -0.1) is 11.8 Å². The molecule has 1 aliphatic carbocycles. The zero-order chi connectivity index (χ0) is 37.9. The van der Waals surface area contributed by atoms with E-state index in [1.54, 1.807) is 6.08 Å². The third kappa shape index (κ3) is 8.86. The Bertz CT molecular complexity index is 1900. The van der Waals surface area contributed by atoms with Crippen LogP contribution in [0.1, 0.15) is 67.3 Å². The molecule has 0 bridgehead atoms. The number of hydrogen-bond donors (Lipinski definition) is 1. The summed E-state index contributed by atoms with van der Waals surface area (Å²) in [6, 6.07) is 46.9. The van der Waals surface area contributed by atoms with E-state index in [9.17, 15) is 14.4 Å². The van der Waals surface area contributed by atoms with Gasteiger partial charge in [-0.25, -0.2) is 9.59 Å². The van der Waals surface area contributed by atoms with E-state index < -0.39 is 29.0 Å². The molecule has 5 aromatic rings. The molecule has 1 amide bonds. The number of Topliss-reactive ketones (excluding diaryl/α,β-unsaturated/α-hetero) is 1. The van der Waals surface area contributed by atoms with Gasteiger partial charge in [-0.05, 0) is 70.0 Å². The van der Waals surface area contributed by atoms with Gasteiger partial charge in [-0.2, -0.15) is 0 Å². The van der Waals surface area contributed by atoms with E-state index >= 15 is 0 Å². The van der Waals surface area contributed by atoms with E-state index in [4.69, 9.17) is 9.47 Å². The van der Waals surface area contributed by atoms with Crippen LogP contribution in [0.4, 0.5) is 4.79 Å². The Hall–Kier alpha value is -5.40. The number of carbonyl (C=O) groups excluding carboxylic acids is 3. The van der Waals surface area contributed by atoms with Crippen LogP contribution >= 0.6 is 11.8 Å². The van der Waals surface area contributed by atoms with Crippen molar-refractivity contribution in [3.8, 4) is 11.1 Å². The number of ketones is 1. The number of benzene rings is 5. The normalized spacial score (nSPS) is 13.6. The van der Waals surface area contributed by atoms with Crippen LogP contribution in [0.5, 0.6) is 0 Å². The van der Waals surface area contributed by atoms with Crippen molar-refractivity contribution in [1.82, 2.24) is 5.32 Å². The second kappa shape index (κ2) is 18.1. The van der Waals surface area contributed by atoms with Gasteiger partial charge in [0, 0.05) is 12.3 Å². The topological polar surface area (TPSA) is 81.7 Å². The second-order valence-electron chi connectivity index (χ2n) is 13.9. The van der Waals surface area contributed by atoms with E-state index in [2.05, 4.69) is 102 Å². The number of allylic oxidation sites excluding steroid dienone is 1. The number of nitrogens with one attached hydrogen (secondary N) is 1.